The first-order valence-corrected chi connectivity index (χ1v) is 9.83. The zero-order valence-corrected chi connectivity index (χ0v) is 15.9. The minimum Gasteiger partial charge on any atom is -0.463 e. The average molecular weight is 399 g/mol. The van der Waals surface area contributed by atoms with E-state index in [-0.39, 0.29) is 23.0 Å². The molecule has 0 bridgehead atoms. The molecule has 7 nitrogen and oxygen atoms in total. The van der Waals surface area contributed by atoms with Crippen LogP contribution in [0.5, 0.6) is 0 Å². The fourth-order valence-corrected chi connectivity index (χ4v) is 5.06. The Balaban J connectivity index is 2.03. The molecule has 140 valence electrons. The van der Waals surface area contributed by atoms with Crippen LogP contribution in [0.3, 0.4) is 0 Å². The number of nitrogens with zero attached hydrogens (tertiary/aromatic N) is 1. The van der Waals surface area contributed by atoms with Crippen LogP contribution in [0.1, 0.15) is 27.9 Å². The van der Waals surface area contributed by atoms with Gasteiger partial charge in [0.25, 0.3) is 0 Å². The molecule has 1 fully saturated rings. The molecule has 9 heteroatoms. The number of hydrogen-bond donors (Lipinski definition) is 1. The molecule has 1 atom stereocenters. The minimum absolute atomic E-state index is 0.0446. The summed E-state index contributed by atoms with van der Waals surface area (Å²) in [5.41, 5.74) is 0.722. The number of sulfonamides is 1. The Hall–Kier alpha value is -1.87. The second-order valence-corrected chi connectivity index (χ2v) is 8.15. The van der Waals surface area contributed by atoms with Crippen molar-refractivity contribution < 1.29 is 22.4 Å². The van der Waals surface area contributed by atoms with Gasteiger partial charge in [0.05, 0.1) is 13.2 Å². The number of rotatable bonds is 4. The van der Waals surface area contributed by atoms with Crippen LogP contribution in [0.15, 0.2) is 39.6 Å². The first-order valence-electron chi connectivity index (χ1n) is 8.02. The molecule has 1 unspecified atom stereocenters. The quantitative estimate of drug-likeness (QED) is 0.795. The van der Waals surface area contributed by atoms with Gasteiger partial charge in [0.1, 0.15) is 10.7 Å². The minimum atomic E-state index is -3.89. The first-order chi connectivity index (χ1) is 12.4. The first kappa shape index (κ1) is 18.9. The van der Waals surface area contributed by atoms with Crippen LogP contribution in [-0.2, 0) is 14.8 Å². The van der Waals surface area contributed by atoms with Gasteiger partial charge in [0.15, 0.2) is 0 Å². The van der Waals surface area contributed by atoms with Crippen molar-refractivity contribution in [1.29, 1.82) is 0 Å². The van der Waals surface area contributed by atoms with Gasteiger partial charge in [-0.2, -0.15) is 4.31 Å². The number of ether oxygens (including phenoxy) is 1. The number of hydrogen-bond acceptors (Lipinski definition) is 6. The maximum absolute atomic E-state index is 13.3. The van der Waals surface area contributed by atoms with E-state index in [4.69, 9.17) is 16.0 Å². The molecule has 0 saturated carbocycles. The second kappa shape index (κ2) is 7.40. The highest BCUT2D eigenvalue weighted by atomic mass is 35.5. The Labute approximate surface area is 156 Å². The fourth-order valence-electron chi connectivity index (χ4n) is 3.03. The van der Waals surface area contributed by atoms with E-state index in [1.165, 1.54) is 24.4 Å². The molecule has 2 aromatic rings. The van der Waals surface area contributed by atoms with Crippen LogP contribution in [0.4, 0.5) is 0 Å². The van der Waals surface area contributed by atoms with Gasteiger partial charge in [-0.15, -0.1) is 0 Å². The number of esters is 1. The molecule has 3 rings (SSSR count). The topological polar surface area (TPSA) is 88.9 Å². The molecular formula is C17H19ClN2O5S. The molecule has 1 aromatic heterocycles. The van der Waals surface area contributed by atoms with Gasteiger partial charge < -0.3 is 14.5 Å². The molecule has 1 aliphatic heterocycles. The Morgan fingerprint density at radius 3 is 2.81 bits per heavy atom. The zero-order chi connectivity index (χ0) is 18.9. The number of nitrogens with one attached hydrogen (secondary N) is 1. The van der Waals surface area contributed by atoms with Crippen molar-refractivity contribution in [1.82, 2.24) is 9.62 Å². The van der Waals surface area contributed by atoms with Crippen LogP contribution in [0.25, 0.3) is 0 Å². The van der Waals surface area contributed by atoms with E-state index >= 15 is 0 Å². The summed E-state index contributed by atoms with van der Waals surface area (Å²) in [6.07, 6.45) is 0. The molecule has 2 heterocycles. The summed E-state index contributed by atoms with van der Waals surface area (Å²) < 4.78 is 37.8. The van der Waals surface area contributed by atoms with E-state index in [9.17, 15) is 13.2 Å². The fraction of sp³-hybridized carbons (Fsp3) is 0.353. The van der Waals surface area contributed by atoms with Gasteiger partial charge in [0, 0.05) is 30.7 Å². The molecular weight excluding hydrogens is 380 g/mol. The number of methoxy groups -OCH3 is 1. The Morgan fingerprint density at radius 2 is 2.12 bits per heavy atom. The predicted octanol–water partition coefficient (Wildman–Crippen LogP) is 2.36. The molecule has 1 aromatic carbocycles. The normalized spacial score (nSPS) is 18.7. The number of benzene rings is 1. The highest BCUT2D eigenvalue weighted by Gasteiger charge is 2.37. The van der Waals surface area contributed by atoms with Gasteiger partial charge in [0.2, 0.25) is 15.8 Å². The van der Waals surface area contributed by atoms with Crippen molar-refractivity contribution in [2.45, 2.75) is 17.9 Å². The molecule has 26 heavy (non-hydrogen) atoms. The molecule has 0 amide bonds. The molecule has 0 radical (unpaired) electrons. The standard InChI is InChI=1S/C17H19ClN2O5S/c1-11-16(9-15(25-11)17(21)24-2)26(22,23)20-8-7-19-10-14(20)12-5-3-4-6-13(12)18/h3-6,9,14,19H,7-8,10H2,1-2H3. The summed E-state index contributed by atoms with van der Waals surface area (Å²) in [4.78, 5) is 11.6. The van der Waals surface area contributed by atoms with Crippen molar-refractivity contribution in [3.05, 3.63) is 52.4 Å². The van der Waals surface area contributed by atoms with Gasteiger partial charge in [-0.25, -0.2) is 13.2 Å². The summed E-state index contributed by atoms with van der Waals surface area (Å²) in [6.45, 7) is 2.73. The van der Waals surface area contributed by atoms with Crippen molar-refractivity contribution in [3.8, 4) is 0 Å². The SMILES string of the molecule is COC(=O)c1cc(S(=O)(=O)N2CCNCC2c2ccccc2Cl)c(C)o1. The van der Waals surface area contributed by atoms with Gasteiger partial charge >= 0.3 is 5.97 Å². The maximum Gasteiger partial charge on any atom is 0.373 e. The van der Waals surface area contributed by atoms with Crippen molar-refractivity contribution >= 4 is 27.6 Å². The monoisotopic (exact) mass is 398 g/mol. The number of halogens is 1. The van der Waals surface area contributed by atoms with Gasteiger partial charge in [-0.05, 0) is 18.6 Å². The lowest BCUT2D eigenvalue weighted by Gasteiger charge is -2.35. The number of carbonyl (C=O) groups is 1. The van der Waals surface area contributed by atoms with Crippen LogP contribution in [0, 0.1) is 6.92 Å². The third kappa shape index (κ3) is 3.37. The lowest BCUT2D eigenvalue weighted by molar-refractivity contribution is 0.0563. The van der Waals surface area contributed by atoms with E-state index in [1.54, 1.807) is 12.1 Å². The third-order valence-corrected chi connectivity index (χ3v) is 6.66. The van der Waals surface area contributed by atoms with Crippen LogP contribution < -0.4 is 5.32 Å². The van der Waals surface area contributed by atoms with E-state index in [2.05, 4.69) is 10.1 Å². The molecule has 0 spiro atoms. The summed E-state index contributed by atoms with van der Waals surface area (Å²) in [5.74, 6) is -0.729. The van der Waals surface area contributed by atoms with Gasteiger partial charge in [-0.1, -0.05) is 29.8 Å². The zero-order valence-electron chi connectivity index (χ0n) is 14.4. The molecule has 1 aliphatic rings. The van der Waals surface area contributed by atoms with E-state index in [0.717, 1.165) is 5.56 Å². The molecule has 1 saturated heterocycles. The maximum atomic E-state index is 13.3. The van der Waals surface area contributed by atoms with Crippen molar-refractivity contribution in [2.75, 3.05) is 26.7 Å². The largest absolute Gasteiger partial charge is 0.463 e. The highest BCUT2D eigenvalue weighted by molar-refractivity contribution is 7.89. The number of furan rings is 1. The molecule has 0 aliphatic carbocycles. The predicted molar refractivity (Wildman–Crippen MR) is 95.7 cm³/mol. The van der Waals surface area contributed by atoms with E-state index in [1.807, 2.05) is 12.1 Å². The second-order valence-electron chi connectivity index (χ2n) is 5.88. The number of carbonyl (C=O) groups excluding carboxylic acids is 1. The summed E-state index contributed by atoms with van der Waals surface area (Å²) in [7, 11) is -2.69. The summed E-state index contributed by atoms with van der Waals surface area (Å²) in [5, 5.41) is 3.70. The smallest absolute Gasteiger partial charge is 0.373 e. The van der Waals surface area contributed by atoms with Crippen LogP contribution in [-0.4, -0.2) is 45.4 Å². The highest BCUT2D eigenvalue weighted by Crippen LogP contribution is 2.34. The Kier molecular flexibility index (Phi) is 5.38. The lowest BCUT2D eigenvalue weighted by Crippen LogP contribution is -2.48. The van der Waals surface area contributed by atoms with Crippen molar-refractivity contribution in [2.24, 2.45) is 0 Å². The molecule has 1 N–H and O–H groups in total. The van der Waals surface area contributed by atoms with Crippen LogP contribution >= 0.6 is 11.6 Å². The number of aryl methyl sites for hydroxylation is 1. The Morgan fingerprint density at radius 1 is 1.38 bits per heavy atom. The third-order valence-electron chi connectivity index (χ3n) is 4.30. The van der Waals surface area contributed by atoms with E-state index in [0.29, 0.717) is 18.1 Å². The summed E-state index contributed by atoms with van der Waals surface area (Å²) >= 11 is 6.29. The van der Waals surface area contributed by atoms with Crippen molar-refractivity contribution in [3.63, 3.8) is 0 Å². The summed E-state index contributed by atoms with van der Waals surface area (Å²) in [6, 6.07) is 7.91. The van der Waals surface area contributed by atoms with E-state index < -0.39 is 22.0 Å². The van der Waals surface area contributed by atoms with Gasteiger partial charge in [-0.3, -0.25) is 0 Å². The average Bonchev–Trinajstić information content (AvgIpc) is 3.04. The Bertz CT molecular complexity index is 925. The number of piperazine rings is 1. The lowest BCUT2D eigenvalue weighted by atomic mass is 10.1. The van der Waals surface area contributed by atoms with Crippen LogP contribution in [0.2, 0.25) is 5.02 Å².